The van der Waals surface area contributed by atoms with Gasteiger partial charge in [0.05, 0.1) is 5.54 Å². The predicted octanol–water partition coefficient (Wildman–Crippen LogP) is 2.36. The van der Waals surface area contributed by atoms with Gasteiger partial charge >= 0.3 is 0 Å². The van der Waals surface area contributed by atoms with Crippen molar-refractivity contribution in [3.8, 4) is 0 Å². The van der Waals surface area contributed by atoms with E-state index in [0.29, 0.717) is 11.8 Å². The highest BCUT2D eigenvalue weighted by Gasteiger charge is 2.41. The molecule has 2 nitrogen and oxygen atoms in total. The molecule has 1 aliphatic rings. The van der Waals surface area contributed by atoms with E-state index >= 15 is 0 Å². The van der Waals surface area contributed by atoms with Gasteiger partial charge in [0.25, 0.3) is 0 Å². The summed E-state index contributed by atoms with van der Waals surface area (Å²) in [6.45, 7) is 11.2. The molecule has 0 radical (unpaired) electrons. The summed E-state index contributed by atoms with van der Waals surface area (Å²) in [4.78, 5) is 0. The van der Waals surface area contributed by atoms with Gasteiger partial charge in [-0.3, -0.25) is 5.01 Å². The van der Waals surface area contributed by atoms with Gasteiger partial charge in [-0.25, -0.2) is 0 Å². The molecule has 1 rings (SSSR count). The minimum Gasteiger partial charge on any atom is -0.294 e. The molecule has 0 aliphatic carbocycles. The summed E-state index contributed by atoms with van der Waals surface area (Å²) in [7, 11) is 2.06. The van der Waals surface area contributed by atoms with Gasteiger partial charge < -0.3 is 0 Å². The molecule has 1 heterocycles. The van der Waals surface area contributed by atoms with Crippen LogP contribution >= 0.6 is 0 Å². The Morgan fingerprint density at radius 3 is 2.08 bits per heavy atom. The second kappa shape index (κ2) is 2.75. The maximum atomic E-state index is 4.49. The summed E-state index contributed by atoms with van der Waals surface area (Å²) in [5.74, 6) is 1.27. The summed E-state index contributed by atoms with van der Waals surface area (Å²) in [5.41, 5.74) is 1.47. The van der Waals surface area contributed by atoms with E-state index in [9.17, 15) is 0 Å². The van der Waals surface area contributed by atoms with Crippen molar-refractivity contribution in [2.45, 2.75) is 40.2 Å². The van der Waals surface area contributed by atoms with Crippen LogP contribution in [0.15, 0.2) is 5.10 Å². The van der Waals surface area contributed by atoms with Gasteiger partial charge in [0.15, 0.2) is 0 Å². The number of hydrogen-bond donors (Lipinski definition) is 0. The predicted molar refractivity (Wildman–Crippen MR) is 53.3 cm³/mol. The second-order valence-corrected chi connectivity index (χ2v) is 4.64. The zero-order chi connectivity index (χ0) is 9.52. The third kappa shape index (κ3) is 1.23. The van der Waals surface area contributed by atoms with E-state index in [0.717, 1.165) is 0 Å². The fraction of sp³-hybridized carbons (Fsp3) is 0.900. The summed E-state index contributed by atoms with van der Waals surface area (Å²) in [6, 6.07) is 0. The Hall–Kier alpha value is -0.530. The molecule has 1 aliphatic heterocycles. The van der Waals surface area contributed by atoms with E-state index in [1.165, 1.54) is 5.71 Å². The van der Waals surface area contributed by atoms with E-state index in [1.807, 2.05) is 0 Å². The first kappa shape index (κ1) is 9.56. The number of hydrazone groups is 1. The van der Waals surface area contributed by atoms with E-state index in [4.69, 9.17) is 0 Å². The van der Waals surface area contributed by atoms with Crippen LogP contribution in [-0.4, -0.2) is 23.3 Å². The van der Waals surface area contributed by atoms with E-state index in [2.05, 4.69) is 51.8 Å². The van der Waals surface area contributed by atoms with Gasteiger partial charge in [0, 0.05) is 18.7 Å². The quantitative estimate of drug-likeness (QED) is 0.587. The summed E-state index contributed by atoms with van der Waals surface area (Å²) in [5, 5.41) is 6.58. The molecular formula is C10H20N2. The highest BCUT2D eigenvalue weighted by molar-refractivity contribution is 5.87. The molecule has 70 valence electrons. The Morgan fingerprint density at radius 1 is 1.42 bits per heavy atom. The van der Waals surface area contributed by atoms with Crippen molar-refractivity contribution < 1.29 is 0 Å². The number of rotatable bonds is 1. The SMILES string of the molecule is CC1=NN(C)C(C)(C)C1C(C)C. The smallest absolute Gasteiger partial charge is 0.0603 e. The monoisotopic (exact) mass is 168 g/mol. The van der Waals surface area contributed by atoms with Gasteiger partial charge in [-0.2, -0.15) is 5.10 Å². The standard InChI is InChI=1S/C10H20N2/c1-7(2)9-8(3)11-12(6)10(9,4)5/h7,9H,1-6H3. The molecule has 0 amide bonds. The minimum absolute atomic E-state index is 0.193. The van der Waals surface area contributed by atoms with Crippen LogP contribution in [0.2, 0.25) is 0 Å². The van der Waals surface area contributed by atoms with E-state index in [-0.39, 0.29) is 5.54 Å². The molecule has 0 aromatic rings. The molecule has 0 aromatic carbocycles. The lowest BCUT2D eigenvalue weighted by atomic mass is 9.78. The summed E-state index contributed by atoms with van der Waals surface area (Å²) >= 11 is 0. The van der Waals surface area contributed by atoms with Crippen molar-refractivity contribution in [2.75, 3.05) is 7.05 Å². The zero-order valence-electron chi connectivity index (χ0n) is 9.05. The molecule has 0 bridgehead atoms. The lowest BCUT2D eigenvalue weighted by molar-refractivity contribution is 0.131. The number of nitrogens with zero attached hydrogens (tertiary/aromatic N) is 2. The third-order valence-electron chi connectivity index (χ3n) is 3.02. The van der Waals surface area contributed by atoms with Gasteiger partial charge in [0.2, 0.25) is 0 Å². The van der Waals surface area contributed by atoms with Crippen molar-refractivity contribution >= 4 is 5.71 Å². The third-order valence-corrected chi connectivity index (χ3v) is 3.02. The highest BCUT2D eigenvalue weighted by atomic mass is 15.5. The molecular weight excluding hydrogens is 148 g/mol. The van der Waals surface area contributed by atoms with Crippen LogP contribution in [0.25, 0.3) is 0 Å². The van der Waals surface area contributed by atoms with Crippen LogP contribution in [0.5, 0.6) is 0 Å². The van der Waals surface area contributed by atoms with Crippen LogP contribution < -0.4 is 0 Å². The lowest BCUT2D eigenvalue weighted by Gasteiger charge is -2.35. The number of hydrogen-bond acceptors (Lipinski definition) is 2. The molecule has 0 spiro atoms. The first-order valence-electron chi connectivity index (χ1n) is 4.66. The van der Waals surface area contributed by atoms with E-state index in [1.54, 1.807) is 0 Å². The average Bonchev–Trinajstić information content (AvgIpc) is 2.02. The Morgan fingerprint density at radius 2 is 1.92 bits per heavy atom. The van der Waals surface area contributed by atoms with E-state index < -0.39 is 0 Å². The largest absolute Gasteiger partial charge is 0.294 e. The van der Waals surface area contributed by atoms with Crippen LogP contribution in [-0.2, 0) is 0 Å². The maximum absolute atomic E-state index is 4.49. The van der Waals surface area contributed by atoms with Gasteiger partial charge in [0.1, 0.15) is 0 Å². The first-order valence-corrected chi connectivity index (χ1v) is 4.66. The summed E-state index contributed by atoms with van der Waals surface area (Å²) in [6.07, 6.45) is 0. The van der Waals surface area contributed by atoms with Crippen LogP contribution in [0.4, 0.5) is 0 Å². The molecule has 1 atom stereocenters. The van der Waals surface area contributed by atoms with Crippen LogP contribution in [0.1, 0.15) is 34.6 Å². The van der Waals surface area contributed by atoms with Crippen molar-refractivity contribution in [3.05, 3.63) is 0 Å². The molecule has 0 N–H and O–H groups in total. The van der Waals surface area contributed by atoms with Gasteiger partial charge in [-0.05, 0) is 26.7 Å². The Bertz CT molecular complexity index is 204. The Kier molecular flexibility index (Phi) is 2.19. The minimum atomic E-state index is 0.193. The Balaban J connectivity index is 2.93. The average molecular weight is 168 g/mol. The first-order chi connectivity index (χ1) is 5.37. The fourth-order valence-electron chi connectivity index (χ4n) is 2.44. The van der Waals surface area contributed by atoms with Crippen molar-refractivity contribution in [2.24, 2.45) is 16.9 Å². The van der Waals surface area contributed by atoms with Crippen molar-refractivity contribution in [1.29, 1.82) is 0 Å². The Labute approximate surface area is 75.6 Å². The molecule has 0 fully saturated rings. The fourth-order valence-corrected chi connectivity index (χ4v) is 2.44. The normalized spacial score (nSPS) is 28.1. The summed E-state index contributed by atoms with van der Waals surface area (Å²) < 4.78 is 0. The van der Waals surface area contributed by atoms with Crippen LogP contribution in [0.3, 0.4) is 0 Å². The van der Waals surface area contributed by atoms with Crippen LogP contribution in [0, 0.1) is 11.8 Å². The highest BCUT2D eigenvalue weighted by Crippen LogP contribution is 2.35. The molecule has 1 unspecified atom stereocenters. The molecule has 0 saturated carbocycles. The molecule has 0 saturated heterocycles. The molecule has 2 heteroatoms. The second-order valence-electron chi connectivity index (χ2n) is 4.64. The topological polar surface area (TPSA) is 15.6 Å². The van der Waals surface area contributed by atoms with Gasteiger partial charge in [-0.1, -0.05) is 13.8 Å². The zero-order valence-corrected chi connectivity index (χ0v) is 9.05. The lowest BCUT2D eigenvalue weighted by Crippen LogP contribution is -2.43. The van der Waals surface area contributed by atoms with Gasteiger partial charge in [-0.15, -0.1) is 0 Å². The van der Waals surface area contributed by atoms with Crippen molar-refractivity contribution in [3.63, 3.8) is 0 Å². The van der Waals surface area contributed by atoms with Crippen molar-refractivity contribution in [1.82, 2.24) is 5.01 Å². The molecule has 12 heavy (non-hydrogen) atoms. The maximum Gasteiger partial charge on any atom is 0.0603 e. The molecule has 0 aromatic heterocycles.